The molecule has 4 aromatic rings. The molecular weight excluding hydrogens is 412 g/mol. The normalized spacial score (nSPS) is 10.9. The van der Waals surface area contributed by atoms with Crippen LogP contribution in [0.3, 0.4) is 0 Å². The van der Waals surface area contributed by atoms with Crippen LogP contribution in [0.15, 0.2) is 60.9 Å². The van der Waals surface area contributed by atoms with Crippen LogP contribution in [0.5, 0.6) is 0 Å². The summed E-state index contributed by atoms with van der Waals surface area (Å²) in [6, 6.07) is 15.4. The molecule has 158 valence electrons. The molecule has 0 radical (unpaired) electrons. The van der Waals surface area contributed by atoms with Gasteiger partial charge in [0.2, 0.25) is 11.9 Å². The van der Waals surface area contributed by atoms with Crippen molar-refractivity contribution in [3.63, 3.8) is 0 Å². The first-order valence-electron chi connectivity index (χ1n) is 10.1. The predicted molar refractivity (Wildman–Crippen MR) is 126 cm³/mol. The van der Waals surface area contributed by atoms with Crippen LogP contribution in [0.4, 0.5) is 17.3 Å². The fourth-order valence-corrected chi connectivity index (χ4v) is 3.53. The number of benzene rings is 2. The molecule has 2 aromatic carbocycles. The number of nitrogens with two attached hydrogens (primary N) is 1. The van der Waals surface area contributed by atoms with Crippen molar-refractivity contribution in [2.24, 2.45) is 5.73 Å². The zero-order chi connectivity index (χ0) is 21.6. The number of amides is 1. The van der Waals surface area contributed by atoms with Crippen molar-refractivity contribution in [2.45, 2.75) is 19.3 Å². The Morgan fingerprint density at radius 1 is 1.10 bits per heavy atom. The van der Waals surface area contributed by atoms with Crippen LogP contribution >= 0.6 is 11.6 Å². The van der Waals surface area contributed by atoms with Gasteiger partial charge in [0.05, 0.1) is 16.9 Å². The molecule has 0 saturated carbocycles. The van der Waals surface area contributed by atoms with Gasteiger partial charge in [-0.3, -0.25) is 4.79 Å². The molecule has 7 nitrogen and oxygen atoms in total. The number of hydrogen-bond acceptors (Lipinski definition) is 5. The lowest BCUT2D eigenvalue weighted by molar-refractivity contribution is -0.116. The number of nitrogens with zero attached hydrogens (tertiary/aromatic N) is 2. The molecule has 0 aliphatic rings. The lowest BCUT2D eigenvalue weighted by Gasteiger charge is -2.10. The number of carbonyl (C=O) groups is 1. The molecule has 0 bridgehead atoms. The third-order valence-corrected chi connectivity index (χ3v) is 5.13. The van der Waals surface area contributed by atoms with Gasteiger partial charge in [0.25, 0.3) is 0 Å². The van der Waals surface area contributed by atoms with Crippen LogP contribution in [-0.2, 0) is 4.79 Å². The summed E-state index contributed by atoms with van der Waals surface area (Å²) in [6.07, 6.45) is 5.53. The van der Waals surface area contributed by atoms with Crippen molar-refractivity contribution in [1.82, 2.24) is 15.0 Å². The average Bonchev–Trinajstić information content (AvgIpc) is 3.19. The number of H-pyrrole nitrogens is 1. The second-order valence-electron chi connectivity index (χ2n) is 7.14. The zero-order valence-electron chi connectivity index (χ0n) is 16.9. The molecule has 2 aromatic heterocycles. The maximum Gasteiger partial charge on any atom is 0.227 e. The summed E-state index contributed by atoms with van der Waals surface area (Å²) in [6.45, 7) is 0.592. The number of rotatable bonds is 8. The molecule has 31 heavy (non-hydrogen) atoms. The Labute approximate surface area is 185 Å². The number of para-hydroxylation sites is 1. The van der Waals surface area contributed by atoms with Gasteiger partial charge in [-0.25, -0.2) is 9.97 Å². The third kappa shape index (κ3) is 5.02. The van der Waals surface area contributed by atoms with Gasteiger partial charge in [-0.2, -0.15) is 0 Å². The van der Waals surface area contributed by atoms with Crippen molar-refractivity contribution >= 4 is 45.7 Å². The third-order valence-electron chi connectivity index (χ3n) is 4.85. The first kappa shape index (κ1) is 20.8. The Hall–Kier alpha value is -3.42. The van der Waals surface area contributed by atoms with Crippen LogP contribution in [0.2, 0.25) is 5.02 Å². The van der Waals surface area contributed by atoms with Gasteiger partial charge >= 0.3 is 0 Å². The summed E-state index contributed by atoms with van der Waals surface area (Å²) in [5.74, 6) is 0.381. The number of nitrogens with one attached hydrogen (secondary N) is 3. The van der Waals surface area contributed by atoms with Crippen molar-refractivity contribution in [3.05, 3.63) is 65.9 Å². The molecule has 1 amide bonds. The Bertz CT molecular complexity index is 1210. The molecular formula is C23H23ClN6O. The molecule has 0 spiro atoms. The smallest absolute Gasteiger partial charge is 0.227 e. The molecule has 8 heteroatoms. The Morgan fingerprint density at radius 2 is 1.94 bits per heavy atom. The van der Waals surface area contributed by atoms with Gasteiger partial charge in [0, 0.05) is 40.5 Å². The van der Waals surface area contributed by atoms with Gasteiger partial charge in [0.1, 0.15) is 0 Å². The van der Waals surface area contributed by atoms with E-state index in [9.17, 15) is 4.79 Å². The Morgan fingerprint density at radius 3 is 2.81 bits per heavy atom. The predicted octanol–water partition coefficient (Wildman–Crippen LogP) is 5.09. The molecule has 0 unspecified atom stereocenters. The van der Waals surface area contributed by atoms with E-state index in [1.54, 1.807) is 6.20 Å². The number of unbranched alkanes of at least 4 members (excludes halogenated alkanes) is 1. The van der Waals surface area contributed by atoms with E-state index < -0.39 is 0 Å². The monoisotopic (exact) mass is 434 g/mol. The van der Waals surface area contributed by atoms with E-state index in [4.69, 9.17) is 17.3 Å². The van der Waals surface area contributed by atoms with Gasteiger partial charge in [-0.05, 0) is 43.7 Å². The summed E-state index contributed by atoms with van der Waals surface area (Å²) in [4.78, 5) is 24.2. The number of fused-ring (bicyclic) bond motifs is 1. The lowest BCUT2D eigenvalue weighted by Crippen LogP contribution is -2.12. The number of aromatic amines is 1. The van der Waals surface area contributed by atoms with Crippen molar-refractivity contribution in [2.75, 3.05) is 17.2 Å². The van der Waals surface area contributed by atoms with E-state index in [2.05, 4.69) is 25.6 Å². The van der Waals surface area contributed by atoms with E-state index in [-0.39, 0.29) is 5.91 Å². The maximum atomic E-state index is 12.1. The van der Waals surface area contributed by atoms with Gasteiger partial charge in [-0.1, -0.05) is 35.9 Å². The van der Waals surface area contributed by atoms with E-state index in [0.717, 1.165) is 35.0 Å². The topological polar surface area (TPSA) is 109 Å². The summed E-state index contributed by atoms with van der Waals surface area (Å²) < 4.78 is 0. The Balaban J connectivity index is 1.53. The number of aromatic nitrogens is 3. The number of carbonyl (C=O) groups excluding carboxylic acids is 1. The highest BCUT2D eigenvalue weighted by Gasteiger charge is 2.13. The fourth-order valence-electron chi connectivity index (χ4n) is 3.34. The maximum absolute atomic E-state index is 12.1. The van der Waals surface area contributed by atoms with Gasteiger partial charge < -0.3 is 21.4 Å². The van der Waals surface area contributed by atoms with Gasteiger partial charge in [0.15, 0.2) is 0 Å². The van der Waals surface area contributed by atoms with Crippen molar-refractivity contribution in [1.29, 1.82) is 0 Å². The summed E-state index contributed by atoms with van der Waals surface area (Å²) in [7, 11) is 0. The average molecular weight is 435 g/mol. The highest BCUT2D eigenvalue weighted by Crippen LogP contribution is 2.32. The fraction of sp³-hybridized carbons (Fsp3) is 0.174. The minimum Gasteiger partial charge on any atom is -0.360 e. The SMILES string of the molecule is NCCCCC(=O)Nc1cccc(Nc2ncc(Cl)c(-c3c[nH]c4ccccc34)n2)c1. The Kier molecular flexibility index (Phi) is 6.45. The lowest BCUT2D eigenvalue weighted by atomic mass is 10.1. The van der Waals surface area contributed by atoms with Gasteiger partial charge in [-0.15, -0.1) is 0 Å². The van der Waals surface area contributed by atoms with Crippen LogP contribution < -0.4 is 16.4 Å². The largest absolute Gasteiger partial charge is 0.360 e. The molecule has 4 rings (SSSR count). The number of anilines is 3. The number of halogens is 1. The van der Waals surface area contributed by atoms with Crippen molar-refractivity contribution in [3.8, 4) is 11.3 Å². The zero-order valence-corrected chi connectivity index (χ0v) is 17.6. The second-order valence-corrected chi connectivity index (χ2v) is 7.55. The molecule has 0 saturated heterocycles. The van der Waals surface area contributed by atoms with Crippen LogP contribution in [0.25, 0.3) is 22.2 Å². The van der Waals surface area contributed by atoms with Crippen LogP contribution in [0, 0.1) is 0 Å². The molecule has 2 heterocycles. The van der Waals surface area contributed by atoms with E-state index in [1.165, 1.54) is 0 Å². The number of hydrogen-bond donors (Lipinski definition) is 4. The van der Waals surface area contributed by atoms with Crippen molar-refractivity contribution < 1.29 is 4.79 Å². The molecule has 0 aliphatic carbocycles. The second kappa shape index (κ2) is 9.59. The van der Waals surface area contributed by atoms with Crippen LogP contribution in [0.1, 0.15) is 19.3 Å². The quantitative estimate of drug-likeness (QED) is 0.289. The highest BCUT2D eigenvalue weighted by molar-refractivity contribution is 6.33. The first-order valence-corrected chi connectivity index (χ1v) is 10.5. The van der Waals surface area contributed by atoms with E-state index in [1.807, 2.05) is 54.7 Å². The van der Waals surface area contributed by atoms with E-state index in [0.29, 0.717) is 35.3 Å². The summed E-state index contributed by atoms with van der Waals surface area (Å²) >= 11 is 6.40. The van der Waals surface area contributed by atoms with Crippen LogP contribution in [-0.4, -0.2) is 27.4 Å². The van der Waals surface area contributed by atoms with E-state index >= 15 is 0 Å². The molecule has 0 fully saturated rings. The summed E-state index contributed by atoms with van der Waals surface area (Å²) in [5.41, 5.74) is 9.49. The molecule has 0 atom stereocenters. The molecule has 0 aliphatic heterocycles. The minimum atomic E-state index is -0.0324. The summed E-state index contributed by atoms with van der Waals surface area (Å²) in [5, 5.41) is 7.59. The standard InChI is InChI=1S/C23H23ClN6O/c24-19-14-27-23(30-22(19)18-13-26-20-9-2-1-8-17(18)20)29-16-7-5-6-15(12-16)28-21(31)10-3-4-11-25/h1-2,5-9,12-14,26H,3-4,10-11,25H2,(H,28,31)(H,27,29,30). The first-order chi connectivity index (χ1) is 15.1. The minimum absolute atomic E-state index is 0.0324. The molecule has 5 N–H and O–H groups in total. The highest BCUT2D eigenvalue weighted by atomic mass is 35.5.